The molecule has 0 bridgehead atoms. The summed E-state index contributed by atoms with van der Waals surface area (Å²) in [6, 6.07) is 15.5. The van der Waals surface area contributed by atoms with Gasteiger partial charge in [-0.15, -0.1) is 0 Å². The first kappa shape index (κ1) is 25.2. The molecule has 186 valence electrons. The summed E-state index contributed by atoms with van der Waals surface area (Å²) in [6.07, 6.45) is 3.87. The van der Waals surface area contributed by atoms with Crippen molar-refractivity contribution in [1.82, 2.24) is 20.4 Å². The molecule has 0 saturated carbocycles. The number of amides is 1. The number of hydrogen-bond acceptors (Lipinski definition) is 6. The van der Waals surface area contributed by atoms with Crippen LogP contribution in [0.1, 0.15) is 44.6 Å². The molecule has 1 aliphatic heterocycles. The van der Waals surface area contributed by atoms with Gasteiger partial charge < -0.3 is 14.6 Å². The molecule has 1 fully saturated rings. The minimum atomic E-state index is -0.0186. The third kappa shape index (κ3) is 7.54. The van der Waals surface area contributed by atoms with Crippen molar-refractivity contribution in [2.75, 3.05) is 19.6 Å². The SMILES string of the molecule is CC(C)Oc1ccc(CCCNC(=O)C2CCCN(Cc3nc(-c4ccc(Cl)cc4)no3)C2)cc1. The number of ether oxygens (including phenoxy) is 1. The largest absolute Gasteiger partial charge is 0.491 e. The van der Waals surface area contributed by atoms with Crippen molar-refractivity contribution >= 4 is 17.5 Å². The molecule has 2 aromatic carbocycles. The number of aromatic nitrogens is 2. The number of rotatable bonds is 10. The van der Waals surface area contributed by atoms with Gasteiger partial charge in [-0.3, -0.25) is 9.69 Å². The lowest BCUT2D eigenvalue weighted by atomic mass is 9.97. The second-order valence-corrected chi connectivity index (χ2v) is 9.73. The third-order valence-electron chi connectivity index (χ3n) is 6.04. The molecule has 1 aliphatic rings. The van der Waals surface area contributed by atoms with Crippen LogP contribution < -0.4 is 10.1 Å². The molecule has 35 heavy (non-hydrogen) atoms. The van der Waals surface area contributed by atoms with E-state index in [0.29, 0.717) is 36.4 Å². The zero-order valence-corrected chi connectivity index (χ0v) is 21.1. The highest BCUT2D eigenvalue weighted by atomic mass is 35.5. The molecule has 7 nitrogen and oxygen atoms in total. The highest BCUT2D eigenvalue weighted by Crippen LogP contribution is 2.22. The Morgan fingerprint density at radius 3 is 2.71 bits per heavy atom. The molecule has 0 spiro atoms. The van der Waals surface area contributed by atoms with E-state index >= 15 is 0 Å². The lowest BCUT2D eigenvalue weighted by Gasteiger charge is -2.30. The molecule has 0 aliphatic carbocycles. The van der Waals surface area contributed by atoms with Crippen LogP contribution in [-0.2, 0) is 17.8 Å². The zero-order valence-electron chi connectivity index (χ0n) is 20.4. The molecule has 1 aromatic heterocycles. The van der Waals surface area contributed by atoms with Crippen LogP contribution in [0.25, 0.3) is 11.4 Å². The highest BCUT2D eigenvalue weighted by Gasteiger charge is 2.26. The fourth-order valence-electron chi connectivity index (χ4n) is 4.30. The molecular weight excluding hydrogens is 464 g/mol. The lowest BCUT2D eigenvalue weighted by Crippen LogP contribution is -2.43. The smallest absolute Gasteiger partial charge is 0.241 e. The normalized spacial score (nSPS) is 16.4. The molecule has 8 heteroatoms. The second-order valence-electron chi connectivity index (χ2n) is 9.30. The summed E-state index contributed by atoms with van der Waals surface area (Å²) < 4.78 is 11.1. The van der Waals surface area contributed by atoms with Crippen molar-refractivity contribution in [2.24, 2.45) is 5.92 Å². The van der Waals surface area contributed by atoms with E-state index in [1.54, 1.807) is 12.1 Å². The van der Waals surface area contributed by atoms with Crippen molar-refractivity contribution in [3.63, 3.8) is 0 Å². The summed E-state index contributed by atoms with van der Waals surface area (Å²) in [6.45, 7) is 6.87. The Hall–Kier alpha value is -2.90. The van der Waals surface area contributed by atoms with Crippen LogP contribution >= 0.6 is 11.6 Å². The average Bonchev–Trinajstić information content (AvgIpc) is 3.31. The summed E-state index contributed by atoms with van der Waals surface area (Å²) in [4.78, 5) is 19.5. The van der Waals surface area contributed by atoms with Crippen molar-refractivity contribution in [3.8, 4) is 17.1 Å². The zero-order chi connectivity index (χ0) is 24.6. The minimum Gasteiger partial charge on any atom is -0.491 e. The summed E-state index contributed by atoms with van der Waals surface area (Å²) in [5.74, 6) is 2.10. The number of nitrogens with one attached hydrogen (secondary N) is 1. The predicted octanol–water partition coefficient (Wildman–Crippen LogP) is 5.14. The van der Waals surface area contributed by atoms with E-state index in [9.17, 15) is 4.79 Å². The number of halogens is 1. The molecule has 1 N–H and O–H groups in total. The van der Waals surface area contributed by atoms with Gasteiger partial charge in [-0.05, 0) is 88.0 Å². The number of carbonyl (C=O) groups excluding carboxylic acids is 1. The van der Waals surface area contributed by atoms with E-state index in [1.807, 2.05) is 38.1 Å². The van der Waals surface area contributed by atoms with Gasteiger partial charge in [0.15, 0.2) is 0 Å². The quantitative estimate of drug-likeness (QED) is 0.391. The van der Waals surface area contributed by atoms with E-state index in [2.05, 4.69) is 32.5 Å². The predicted molar refractivity (Wildman–Crippen MR) is 136 cm³/mol. The van der Waals surface area contributed by atoms with Crippen LogP contribution in [0.5, 0.6) is 5.75 Å². The van der Waals surface area contributed by atoms with Gasteiger partial charge in [0.05, 0.1) is 18.6 Å². The molecule has 1 atom stereocenters. The summed E-state index contributed by atoms with van der Waals surface area (Å²) in [7, 11) is 0. The maximum atomic E-state index is 12.8. The Morgan fingerprint density at radius 2 is 1.97 bits per heavy atom. The molecule has 4 rings (SSSR count). The average molecular weight is 497 g/mol. The number of hydrogen-bond donors (Lipinski definition) is 1. The molecule has 1 amide bonds. The van der Waals surface area contributed by atoms with Gasteiger partial charge in [0.2, 0.25) is 17.6 Å². The van der Waals surface area contributed by atoms with Gasteiger partial charge in [-0.2, -0.15) is 4.98 Å². The van der Waals surface area contributed by atoms with E-state index in [4.69, 9.17) is 20.9 Å². The minimum absolute atomic E-state index is 0.0186. The first-order chi connectivity index (χ1) is 17.0. The number of likely N-dealkylation sites (tertiary alicyclic amines) is 1. The third-order valence-corrected chi connectivity index (χ3v) is 6.29. The number of benzene rings is 2. The number of carbonyl (C=O) groups is 1. The monoisotopic (exact) mass is 496 g/mol. The standard InChI is InChI=1S/C27H33ClN4O3/c1-19(2)34-24-13-7-20(8-14-24)5-3-15-29-27(33)22-6-4-16-32(17-22)18-25-30-26(31-35-25)21-9-11-23(28)12-10-21/h7-14,19,22H,3-6,15-18H2,1-2H3,(H,29,33). The molecule has 0 radical (unpaired) electrons. The fourth-order valence-corrected chi connectivity index (χ4v) is 4.42. The van der Waals surface area contributed by atoms with Crippen LogP contribution in [0.15, 0.2) is 53.1 Å². The Bertz CT molecular complexity index is 1080. The summed E-state index contributed by atoms with van der Waals surface area (Å²) >= 11 is 5.95. The van der Waals surface area contributed by atoms with Crippen LogP contribution in [0, 0.1) is 5.92 Å². The second kappa shape index (κ2) is 12.2. The van der Waals surface area contributed by atoms with E-state index < -0.39 is 0 Å². The molecule has 2 heterocycles. The molecule has 1 saturated heterocycles. The maximum Gasteiger partial charge on any atom is 0.241 e. The maximum absolute atomic E-state index is 12.8. The van der Waals surface area contributed by atoms with Gasteiger partial charge in [0, 0.05) is 23.7 Å². The van der Waals surface area contributed by atoms with Gasteiger partial charge in [-0.25, -0.2) is 0 Å². The van der Waals surface area contributed by atoms with E-state index in [0.717, 1.165) is 43.5 Å². The van der Waals surface area contributed by atoms with Crippen molar-refractivity contribution in [2.45, 2.75) is 52.2 Å². The van der Waals surface area contributed by atoms with E-state index in [1.165, 1.54) is 5.56 Å². The Morgan fingerprint density at radius 1 is 1.20 bits per heavy atom. The Balaban J connectivity index is 1.19. The Labute approximate surface area is 211 Å². The first-order valence-electron chi connectivity index (χ1n) is 12.3. The molecular formula is C27H33ClN4O3. The topological polar surface area (TPSA) is 80.5 Å². The van der Waals surface area contributed by atoms with Crippen LogP contribution in [0.3, 0.4) is 0 Å². The van der Waals surface area contributed by atoms with Gasteiger partial charge >= 0.3 is 0 Å². The van der Waals surface area contributed by atoms with Crippen molar-refractivity contribution in [3.05, 3.63) is 65.0 Å². The summed E-state index contributed by atoms with van der Waals surface area (Å²) in [5, 5.41) is 7.88. The van der Waals surface area contributed by atoms with Crippen molar-refractivity contribution < 1.29 is 14.1 Å². The molecule has 1 unspecified atom stereocenters. The van der Waals surface area contributed by atoms with Gasteiger partial charge in [0.1, 0.15) is 5.75 Å². The van der Waals surface area contributed by atoms with Crippen molar-refractivity contribution in [1.29, 1.82) is 0 Å². The van der Waals surface area contributed by atoms with Crippen LogP contribution in [-0.4, -0.2) is 46.7 Å². The van der Waals surface area contributed by atoms with E-state index in [-0.39, 0.29) is 17.9 Å². The number of nitrogens with zero attached hydrogens (tertiary/aromatic N) is 3. The van der Waals surface area contributed by atoms with Crippen LogP contribution in [0.2, 0.25) is 5.02 Å². The number of piperidine rings is 1. The highest BCUT2D eigenvalue weighted by molar-refractivity contribution is 6.30. The first-order valence-corrected chi connectivity index (χ1v) is 12.7. The summed E-state index contributed by atoms with van der Waals surface area (Å²) in [5.41, 5.74) is 2.11. The van der Waals surface area contributed by atoms with Gasteiger partial charge in [0.25, 0.3) is 0 Å². The lowest BCUT2D eigenvalue weighted by molar-refractivity contribution is -0.126. The van der Waals surface area contributed by atoms with Crippen LogP contribution in [0.4, 0.5) is 0 Å². The molecule has 3 aromatic rings. The van der Waals surface area contributed by atoms with Gasteiger partial charge in [-0.1, -0.05) is 28.9 Å². The fraction of sp³-hybridized carbons (Fsp3) is 0.444. The Kier molecular flexibility index (Phi) is 8.77. The number of aryl methyl sites for hydroxylation is 1.